The second-order valence-corrected chi connectivity index (χ2v) is 9.20. The molecule has 0 unspecified atom stereocenters. The molecule has 0 atom stereocenters. The largest absolute Gasteiger partial charge is 0.478 e. The molecule has 3 aromatic rings. The molecule has 1 fully saturated rings. The summed E-state index contributed by atoms with van der Waals surface area (Å²) in [7, 11) is 0. The molecule has 4 rings (SSSR count). The number of ketones is 1. The van der Waals surface area contributed by atoms with E-state index >= 15 is 0 Å². The van der Waals surface area contributed by atoms with E-state index in [-0.39, 0.29) is 17.0 Å². The maximum atomic E-state index is 13.0. The van der Waals surface area contributed by atoms with Gasteiger partial charge in [-0.15, -0.1) is 0 Å². The van der Waals surface area contributed by atoms with Gasteiger partial charge in [0.15, 0.2) is 5.78 Å². The summed E-state index contributed by atoms with van der Waals surface area (Å²) in [6.07, 6.45) is 4.61. The van der Waals surface area contributed by atoms with Gasteiger partial charge < -0.3 is 15.1 Å². The number of aliphatic carboxylic acids is 2. The number of piperidine rings is 1. The molecule has 0 bridgehead atoms. The van der Waals surface area contributed by atoms with Crippen molar-refractivity contribution in [1.29, 1.82) is 0 Å². The molecule has 1 heterocycles. The lowest BCUT2D eigenvalue weighted by Gasteiger charge is -2.43. The zero-order valence-electron chi connectivity index (χ0n) is 21.1. The molecule has 7 heteroatoms. The first kappa shape index (κ1) is 28.5. The highest BCUT2D eigenvalue weighted by Gasteiger charge is 2.37. The zero-order chi connectivity index (χ0) is 27.4. The van der Waals surface area contributed by atoms with Crippen LogP contribution in [0.5, 0.6) is 0 Å². The number of halogens is 1. The van der Waals surface area contributed by atoms with Crippen LogP contribution in [0.1, 0.15) is 47.2 Å². The number of benzene rings is 3. The Labute approximate surface area is 222 Å². The molecule has 1 aliphatic heterocycles. The van der Waals surface area contributed by atoms with Gasteiger partial charge in [-0.2, -0.15) is 0 Å². The Hall–Kier alpha value is -4.10. The molecule has 1 aliphatic rings. The summed E-state index contributed by atoms with van der Waals surface area (Å²) in [5, 5.41) is 15.6. The van der Waals surface area contributed by atoms with Crippen molar-refractivity contribution >= 4 is 17.7 Å². The number of hydrogen-bond acceptors (Lipinski definition) is 4. The highest BCUT2D eigenvalue weighted by molar-refractivity contribution is 5.96. The van der Waals surface area contributed by atoms with Crippen LogP contribution in [0.2, 0.25) is 0 Å². The molecule has 0 saturated carbocycles. The first-order valence-electron chi connectivity index (χ1n) is 12.6. The molecule has 0 aliphatic carbocycles. The van der Waals surface area contributed by atoms with Gasteiger partial charge >= 0.3 is 11.9 Å². The van der Waals surface area contributed by atoms with Crippen LogP contribution >= 0.6 is 0 Å². The molecular formula is C31H32FNO5. The first-order valence-corrected chi connectivity index (χ1v) is 12.6. The summed E-state index contributed by atoms with van der Waals surface area (Å²) >= 11 is 0. The van der Waals surface area contributed by atoms with Crippen LogP contribution in [0.15, 0.2) is 97.1 Å². The molecule has 198 valence electrons. The van der Waals surface area contributed by atoms with Crippen LogP contribution in [-0.2, 0) is 15.0 Å². The standard InChI is InChI=1S/C27H28FNO.C4H4O4/c28-25-15-13-22(14-16-25)26(30)12-7-19-29-20-17-27(18-21-29,23-8-3-1-4-9-23)24-10-5-2-6-11-24;5-3(6)1-2-4(7)8/h1-6,8-11,13-16H,7,12,17-21H2;1-2H,(H,5,6)(H,7,8)/b;2-1+. The number of carboxylic acid groups (broad SMARTS) is 2. The minimum absolute atomic E-state index is 0.0585. The Kier molecular flexibility index (Phi) is 10.5. The topological polar surface area (TPSA) is 94.9 Å². The second-order valence-electron chi connectivity index (χ2n) is 9.20. The molecule has 0 spiro atoms. The highest BCUT2D eigenvalue weighted by atomic mass is 19.1. The number of likely N-dealkylation sites (tertiary alicyclic amines) is 1. The maximum Gasteiger partial charge on any atom is 0.328 e. The van der Waals surface area contributed by atoms with Crippen LogP contribution in [0.3, 0.4) is 0 Å². The average molecular weight is 518 g/mol. The molecule has 3 aromatic carbocycles. The Morgan fingerprint density at radius 3 is 1.68 bits per heavy atom. The van der Waals surface area contributed by atoms with Crippen molar-refractivity contribution in [3.05, 3.63) is 120 Å². The van der Waals surface area contributed by atoms with E-state index in [1.165, 1.54) is 23.3 Å². The van der Waals surface area contributed by atoms with Crippen molar-refractivity contribution in [2.24, 2.45) is 0 Å². The third kappa shape index (κ3) is 8.21. The van der Waals surface area contributed by atoms with Crippen molar-refractivity contribution < 1.29 is 29.0 Å². The van der Waals surface area contributed by atoms with E-state index in [2.05, 4.69) is 65.6 Å². The predicted molar refractivity (Wildman–Crippen MR) is 144 cm³/mol. The number of Topliss-reactive ketones (excluding diaryl/α,β-unsaturated/α-hetero) is 1. The smallest absolute Gasteiger partial charge is 0.328 e. The van der Waals surface area contributed by atoms with E-state index in [4.69, 9.17) is 10.2 Å². The minimum atomic E-state index is -1.26. The van der Waals surface area contributed by atoms with Gasteiger partial charge in [-0.3, -0.25) is 4.79 Å². The van der Waals surface area contributed by atoms with Gasteiger partial charge in [-0.1, -0.05) is 60.7 Å². The molecular weight excluding hydrogens is 485 g/mol. The fraction of sp³-hybridized carbons (Fsp3) is 0.258. The van der Waals surface area contributed by atoms with Crippen molar-refractivity contribution in [2.45, 2.75) is 31.1 Å². The molecule has 1 saturated heterocycles. The Bertz CT molecular complexity index is 1160. The monoisotopic (exact) mass is 517 g/mol. The summed E-state index contributed by atoms with van der Waals surface area (Å²) in [6.45, 7) is 2.97. The van der Waals surface area contributed by atoms with Gasteiger partial charge in [0.2, 0.25) is 0 Å². The van der Waals surface area contributed by atoms with E-state index in [1.54, 1.807) is 12.1 Å². The van der Waals surface area contributed by atoms with Gasteiger partial charge in [0.25, 0.3) is 0 Å². The van der Waals surface area contributed by atoms with E-state index < -0.39 is 11.9 Å². The third-order valence-corrected chi connectivity index (χ3v) is 6.78. The molecule has 2 N–H and O–H groups in total. The van der Waals surface area contributed by atoms with Gasteiger partial charge in [0.1, 0.15) is 5.82 Å². The lowest BCUT2D eigenvalue weighted by Crippen LogP contribution is -2.43. The number of nitrogens with zero attached hydrogens (tertiary/aromatic N) is 1. The maximum absolute atomic E-state index is 13.0. The molecule has 38 heavy (non-hydrogen) atoms. The van der Waals surface area contributed by atoms with Crippen molar-refractivity contribution in [1.82, 2.24) is 4.90 Å². The highest BCUT2D eigenvalue weighted by Crippen LogP contribution is 2.41. The summed E-state index contributed by atoms with van der Waals surface area (Å²) in [5.74, 6) is -2.73. The Morgan fingerprint density at radius 2 is 1.24 bits per heavy atom. The number of rotatable bonds is 9. The van der Waals surface area contributed by atoms with E-state index in [0.29, 0.717) is 24.1 Å². The molecule has 6 nitrogen and oxygen atoms in total. The lowest BCUT2D eigenvalue weighted by atomic mass is 9.68. The van der Waals surface area contributed by atoms with Crippen LogP contribution in [-0.4, -0.2) is 52.5 Å². The van der Waals surface area contributed by atoms with Crippen molar-refractivity contribution in [3.63, 3.8) is 0 Å². The fourth-order valence-electron chi connectivity index (χ4n) is 4.80. The SMILES string of the molecule is O=C(CCCN1CCC(c2ccccc2)(c2ccccc2)CC1)c1ccc(F)cc1.O=C(O)/C=C/C(=O)O. The number of carbonyl (C=O) groups excluding carboxylic acids is 1. The van der Waals surface area contributed by atoms with Crippen LogP contribution in [0, 0.1) is 5.82 Å². The van der Waals surface area contributed by atoms with E-state index in [9.17, 15) is 18.8 Å². The normalized spacial score (nSPS) is 14.9. The van der Waals surface area contributed by atoms with E-state index in [1.807, 2.05) is 0 Å². The van der Waals surface area contributed by atoms with Gasteiger partial charge in [-0.25, -0.2) is 14.0 Å². The van der Waals surface area contributed by atoms with Crippen molar-refractivity contribution in [3.8, 4) is 0 Å². The summed E-state index contributed by atoms with van der Waals surface area (Å²) < 4.78 is 13.0. The minimum Gasteiger partial charge on any atom is -0.478 e. The molecule has 0 amide bonds. The third-order valence-electron chi connectivity index (χ3n) is 6.78. The molecule has 0 aromatic heterocycles. The predicted octanol–water partition coefficient (Wildman–Crippen LogP) is 5.58. The van der Waals surface area contributed by atoms with Crippen LogP contribution < -0.4 is 0 Å². The quantitative estimate of drug-likeness (QED) is 0.284. The van der Waals surface area contributed by atoms with Gasteiger partial charge in [0, 0.05) is 29.6 Å². The first-order chi connectivity index (χ1) is 18.3. The summed E-state index contributed by atoms with van der Waals surface area (Å²) in [5.41, 5.74) is 3.44. The average Bonchev–Trinajstić information content (AvgIpc) is 2.94. The summed E-state index contributed by atoms with van der Waals surface area (Å²) in [6, 6.07) is 27.6. The summed E-state index contributed by atoms with van der Waals surface area (Å²) in [4.78, 5) is 33.9. The fourth-order valence-corrected chi connectivity index (χ4v) is 4.80. The van der Waals surface area contributed by atoms with E-state index in [0.717, 1.165) is 38.9 Å². The number of carboxylic acids is 2. The zero-order valence-corrected chi connectivity index (χ0v) is 21.1. The number of carbonyl (C=O) groups is 3. The molecule has 0 radical (unpaired) electrons. The van der Waals surface area contributed by atoms with Gasteiger partial charge in [0.05, 0.1) is 0 Å². The Morgan fingerprint density at radius 1 is 0.763 bits per heavy atom. The van der Waals surface area contributed by atoms with Crippen molar-refractivity contribution in [2.75, 3.05) is 19.6 Å². The van der Waals surface area contributed by atoms with Crippen LogP contribution in [0.4, 0.5) is 4.39 Å². The van der Waals surface area contributed by atoms with Crippen LogP contribution in [0.25, 0.3) is 0 Å². The number of hydrogen-bond donors (Lipinski definition) is 2. The van der Waals surface area contributed by atoms with Gasteiger partial charge in [-0.05, 0) is 74.3 Å². The Balaban J connectivity index is 0.000000436. The lowest BCUT2D eigenvalue weighted by molar-refractivity contribution is -0.134. The second kappa shape index (κ2) is 14.0.